The first kappa shape index (κ1) is 12.5. The average Bonchev–Trinajstić information content (AvgIpc) is 2.69. The third-order valence-corrected chi connectivity index (χ3v) is 3.06. The van der Waals surface area contributed by atoms with Crippen LogP contribution in [0.3, 0.4) is 0 Å². The average molecular weight is 250 g/mol. The quantitative estimate of drug-likeness (QED) is 0.631. The van der Waals surface area contributed by atoms with Gasteiger partial charge in [0.15, 0.2) is 0 Å². The molecule has 18 heavy (non-hydrogen) atoms. The zero-order valence-corrected chi connectivity index (χ0v) is 10.00. The molecular weight excluding hydrogens is 236 g/mol. The summed E-state index contributed by atoms with van der Waals surface area (Å²) in [7, 11) is 0. The highest BCUT2D eigenvalue weighted by Gasteiger charge is 2.34. The van der Waals surface area contributed by atoms with Crippen molar-refractivity contribution in [2.75, 3.05) is 13.1 Å². The van der Waals surface area contributed by atoms with Crippen LogP contribution >= 0.6 is 0 Å². The fraction of sp³-hybridized carbons (Fsp3) is 0.417. The summed E-state index contributed by atoms with van der Waals surface area (Å²) in [6.07, 6.45) is 0.547. The van der Waals surface area contributed by atoms with Gasteiger partial charge in [-0.05, 0) is 25.5 Å². The first-order valence-electron chi connectivity index (χ1n) is 5.65. The highest BCUT2D eigenvalue weighted by atomic mass is 16.6. The van der Waals surface area contributed by atoms with Crippen LogP contribution in [-0.4, -0.2) is 39.5 Å². The van der Waals surface area contributed by atoms with Crippen molar-refractivity contribution in [1.29, 1.82) is 0 Å². The van der Waals surface area contributed by atoms with Gasteiger partial charge in [0.1, 0.15) is 0 Å². The number of nitrogens with zero attached hydrogens (tertiary/aromatic N) is 2. The summed E-state index contributed by atoms with van der Waals surface area (Å²) in [6, 6.07) is 5.49. The van der Waals surface area contributed by atoms with Crippen molar-refractivity contribution in [3.63, 3.8) is 0 Å². The maximum Gasteiger partial charge on any atom is 0.269 e. The van der Waals surface area contributed by atoms with Gasteiger partial charge in [-0.3, -0.25) is 14.9 Å². The van der Waals surface area contributed by atoms with Gasteiger partial charge in [-0.15, -0.1) is 0 Å². The topological polar surface area (TPSA) is 83.7 Å². The van der Waals surface area contributed by atoms with E-state index in [1.165, 1.54) is 24.3 Å². The summed E-state index contributed by atoms with van der Waals surface area (Å²) in [5.41, 5.74) is -0.477. The Bertz CT molecular complexity index is 481. The molecule has 1 aliphatic heterocycles. The van der Waals surface area contributed by atoms with E-state index >= 15 is 0 Å². The molecule has 1 unspecified atom stereocenters. The molecule has 1 aromatic carbocycles. The SMILES string of the molecule is CC1(O)CCN(C(=O)c2ccc([N+](=O)[O-])cc2)C1. The van der Waals surface area contributed by atoms with Crippen LogP contribution in [0.4, 0.5) is 5.69 Å². The monoisotopic (exact) mass is 250 g/mol. The normalized spacial score (nSPS) is 23.1. The summed E-state index contributed by atoms with van der Waals surface area (Å²) in [5.74, 6) is -0.206. The second kappa shape index (κ2) is 4.38. The highest BCUT2D eigenvalue weighted by Crippen LogP contribution is 2.22. The molecule has 1 atom stereocenters. The van der Waals surface area contributed by atoms with Crippen molar-refractivity contribution in [3.05, 3.63) is 39.9 Å². The number of carbonyl (C=O) groups excluding carboxylic acids is 1. The molecule has 6 heteroatoms. The van der Waals surface area contributed by atoms with Gasteiger partial charge in [-0.25, -0.2) is 0 Å². The van der Waals surface area contributed by atoms with Crippen LogP contribution in [0, 0.1) is 10.1 Å². The Morgan fingerprint density at radius 3 is 2.50 bits per heavy atom. The van der Waals surface area contributed by atoms with E-state index in [9.17, 15) is 20.0 Å². The number of aliphatic hydroxyl groups is 1. The number of non-ortho nitro benzene ring substituents is 1. The molecule has 0 bridgehead atoms. The lowest BCUT2D eigenvalue weighted by Gasteiger charge is -2.18. The molecule has 1 heterocycles. The molecule has 0 aromatic heterocycles. The predicted octanol–water partition coefficient (Wildman–Crippen LogP) is 1.19. The Hall–Kier alpha value is -1.95. The molecule has 0 saturated carbocycles. The van der Waals surface area contributed by atoms with E-state index in [0.717, 1.165) is 0 Å². The summed E-state index contributed by atoms with van der Waals surface area (Å²) in [5, 5.41) is 20.3. The molecule has 1 aliphatic rings. The van der Waals surface area contributed by atoms with Gasteiger partial charge in [0.05, 0.1) is 10.5 Å². The minimum atomic E-state index is -0.837. The number of nitro groups is 1. The Morgan fingerprint density at radius 2 is 2.06 bits per heavy atom. The molecule has 2 rings (SSSR count). The second-order valence-electron chi connectivity index (χ2n) is 4.78. The first-order valence-corrected chi connectivity index (χ1v) is 5.65. The molecule has 0 spiro atoms. The number of carbonyl (C=O) groups is 1. The summed E-state index contributed by atoms with van der Waals surface area (Å²) < 4.78 is 0. The lowest BCUT2D eigenvalue weighted by molar-refractivity contribution is -0.384. The maximum atomic E-state index is 12.1. The molecule has 0 aliphatic carbocycles. The third-order valence-electron chi connectivity index (χ3n) is 3.06. The van der Waals surface area contributed by atoms with E-state index in [1.807, 2.05) is 0 Å². The van der Waals surface area contributed by atoms with Crippen molar-refractivity contribution in [3.8, 4) is 0 Å². The molecule has 1 fully saturated rings. The molecule has 1 amide bonds. The molecule has 1 aromatic rings. The van der Waals surface area contributed by atoms with Crippen molar-refractivity contribution in [2.24, 2.45) is 0 Å². The van der Waals surface area contributed by atoms with E-state index in [4.69, 9.17) is 0 Å². The number of nitro benzene ring substituents is 1. The van der Waals surface area contributed by atoms with E-state index < -0.39 is 10.5 Å². The van der Waals surface area contributed by atoms with Gasteiger partial charge in [0.25, 0.3) is 11.6 Å². The third kappa shape index (κ3) is 2.48. The number of amides is 1. The Labute approximate surface area is 104 Å². The Kier molecular flexibility index (Phi) is 3.04. The molecule has 6 nitrogen and oxygen atoms in total. The van der Waals surface area contributed by atoms with Crippen LogP contribution < -0.4 is 0 Å². The van der Waals surface area contributed by atoms with Crippen LogP contribution in [0.5, 0.6) is 0 Å². The van der Waals surface area contributed by atoms with Gasteiger partial charge in [0, 0.05) is 30.8 Å². The molecule has 0 radical (unpaired) electrons. The predicted molar refractivity (Wildman–Crippen MR) is 64.2 cm³/mol. The van der Waals surface area contributed by atoms with E-state index in [0.29, 0.717) is 25.1 Å². The number of rotatable bonds is 2. The fourth-order valence-corrected chi connectivity index (χ4v) is 2.03. The van der Waals surface area contributed by atoms with Crippen molar-refractivity contribution >= 4 is 11.6 Å². The van der Waals surface area contributed by atoms with Gasteiger partial charge in [-0.1, -0.05) is 0 Å². The van der Waals surface area contributed by atoms with Crippen LogP contribution in [0.25, 0.3) is 0 Å². The standard InChI is InChI=1S/C12H14N2O4/c1-12(16)6-7-13(8-12)11(15)9-2-4-10(5-3-9)14(17)18/h2-5,16H,6-8H2,1H3. The maximum absolute atomic E-state index is 12.1. The number of hydrogen-bond donors (Lipinski definition) is 1. The zero-order chi connectivity index (χ0) is 13.3. The number of hydrogen-bond acceptors (Lipinski definition) is 4. The molecule has 1 N–H and O–H groups in total. The van der Waals surface area contributed by atoms with E-state index in [1.54, 1.807) is 11.8 Å². The first-order chi connectivity index (χ1) is 8.39. The van der Waals surface area contributed by atoms with Crippen LogP contribution in [0.1, 0.15) is 23.7 Å². The highest BCUT2D eigenvalue weighted by molar-refractivity contribution is 5.94. The summed E-state index contributed by atoms with van der Waals surface area (Å²) in [6.45, 7) is 2.49. The van der Waals surface area contributed by atoms with Crippen molar-refractivity contribution in [1.82, 2.24) is 4.90 Å². The largest absolute Gasteiger partial charge is 0.388 e. The van der Waals surface area contributed by atoms with Gasteiger partial charge < -0.3 is 10.0 Å². The van der Waals surface area contributed by atoms with Crippen molar-refractivity contribution < 1.29 is 14.8 Å². The smallest absolute Gasteiger partial charge is 0.269 e. The summed E-state index contributed by atoms with van der Waals surface area (Å²) in [4.78, 5) is 23.6. The lowest BCUT2D eigenvalue weighted by atomic mass is 10.1. The summed E-state index contributed by atoms with van der Waals surface area (Å²) >= 11 is 0. The molecular formula is C12H14N2O4. The minimum absolute atomic E-state index is 0.0417. The van der Waals surface area contributed by atoms with Crippen LogP contribution in [0.2, 0.25) is 0 Å². The zero-order valence-electron chi connectivity index (χ0n) is 10.00. The lowest BCUT2D eigenvalue weighted by Crippen LogP contribution is -2.33. The number of likely N-dealkylation sites (tertiary alicyclic amines) is 1. The van der Waals surface area contributed by atoms with Gasteiger partial charge in [0.2, 0.25) is 0 Å². The van der Waals surface area contributed by atoms with E-state index in [2.05, 4.69) is 0 Å². The van der Waals surface area contributed by atoms with Crippen molar-refractivity contribution in [2.45, 2.75) is 18.9 Å². The Balaban J connectivity index is 2.12. The fourth-order valence-electron chi connectivity index (χ4n) is 2.03. The molecule has 96 valence electrons. The van der Waals surface area contributed by atoms with Crippen LogP contribution in [-0.2, 0) is 0 Å². The van der Waals surface area contributed by atoms with Gasteiger partial charge in [-0.2, -0.15) is 0 Å². The van der Waals surface area contributed by atoms with Gasteiger partial charge >= 0.3 is 0 Å². The molecule has 1 saturated heterocycles. The second-order valence-corrected chi connectivity index (χ2v) is 4.78. The Morgan fingerprint density at radius 1 is 1.44 bits per heavy atom. The van der Waals surface area contributed by atoms with Crippen LogP contribution in [0.15, 0.2) is 24.3 Å². The minimum Gasteiger partial charge on any atom is -0.388 e. The number of β-amino-alcohol motifs (C(OH)–C–C–N with tert-alkyl or cyclic N) is 1. The number of benzene rings is 1. The van der Waals surface area contributed by atoms with E-state index in [-0.39, 0.29) is 11.6 Å².